The first-order valence-corrected chi connectivity index (χ1v) is 9.11. The summed E-state index contributed by atoms with van der Waals surface area (Å²) in [5.41, 5.74) is 5.07. The van der Waals surface area contributed by atoms with E-state index in [1.54, 1.807) is 30.3 Å². The van der Waals surface area contributed by atoms with Crippen LogP contribution in [-0.2, 0) is 4.79 Å². The molecular weight excluding hydrogens is 434 g/mol. The summed E-state index contributed by atoms with van der Waals surface area (Å²) in [5, 5.41) is 5.16. The van der Waals surface area contributed by atoms with E-state index in [9.17, 15) is 9.59 Å². The number of carbonyl (C=O) groups excluding carboxylic acids is 2. The standard InChI is InChI=1S/C19H15BrClN3O3/c20-18-15-4-2-1-3-12(15)5-10-16(18)27-11-17(25)23-24-19(26)22-14-8-6-13(21)7-9-14/h1-10H,11H2,(H,23,25)(H2,22,24,26). The Bertz CT molecular complexity index is 980. The molecule has 0 fully saturated rings. The van der Waals surface area contributed by atoms with Crippen LogP contribution in [0.15, 0.2) is 65.1 Å². The summed E-state index contributed by atoms with van der Waals surface area (Å²) in [6.45, 7) is -0.252. The number of benzene rings is 3. The molecule has 0 aromatic heterocycles. The van der Waals surface area contributed by atoms with Gasteiger partial charge in [0.15, 0.2) is 6.61 Å². The van der Waals surface area contributed by atoms with Gasteiger partial charge in [-0.1, -0.05) is 41.9 Å². The molecule has 3 rings (SSSR count). The van der Waals surface area contributed by atoms with Crippen molar-refractivity contribution >= 4 is 55.9 Å². The van der Waals surface area contributed by atoms with Crippen LogP contribution < -0.4 is 20.9 Å². The lowest BCUT2D eigenvalue weighted by Crippen LogP contribution is -2.45. The second-order valence-electron chi connectivity index (χ2n) is 5.52. The second kappa shape index (κ2) is 8.75. The SMILES string of the molecule is O=C(COc1ccc2ccccc2c1Br)NNC(=O)Nc1ccc(Cl)cc1. The molecule has 3 amide bonds. The molecule has 0 heterocycles. The molecule has 0 aliphatic rings. The van der Waals surface area contributed by atoms with E-state index in [0.717, 1.165) is 15.2 Å². The molecule has 0 atom stereocenters. The van der Waals surface area contributed by atoms with Crippen LogP contribution >= 0.6 is 27.5 Å². The van der Waals surface area contributed by atoms with Crippen molar-refractivity contribution in [2.45, 2.75) is 0 Å². The quantitative estimate of drug-likeness (QED) is 0.515. The van der Waals surface area contributed by atoms with Crippen LogP contribution in [0.2, 0.25) is 5.02 Å². The van der Waals surface area contributed by atoms with Gasteiger partial charge in [0, 0.05) is 10.7 Å². The lowest BCUT2D eigenvalue weighted by atomic mass is 10.1. The molecule has 3 N–H and O–H groups in total. The van der Waals surface area contributed by atoms with E-state index in [4.69, 9.17) is 16.3 Å². The molecule has 0 aliphatic carbocycles. The number of hydrogen-bond donors (Lipinski definition) is 3. The number of rotatable bonds is 4. The van der Waals surface area contributed by atoms with Crippen molar-refractivity contribution in [1.29, 1.82) is 0 Å². The maximum Gasteiger partial charge on any atom is 0.337 e. The first-order chi connectivity index (χ1) is 13.0. The molecule has 0 bridgehead atoms. The monoisotopic (exact) mass is 447 g/mol. The summed E-state index contributed by atoms with van der Waals surface area (Å²) in [4.78, 5) is 23.6. The van der Waals surface area contributed by atoms with Gasteiger partial charge < -0.3 is 10.1 Å². The van der Waals surface area contributed by atoms with Gasteiger partial charge in [0.25, 0.3) is 5.91 Å². The highest BCUT2D eigenvalue weighted by Gasteiger charge is 2.09. The molecule has 0 spiro atoms. The zero-order chi connectivity index (χ0) is 19.2. The Kier molecular flexibility index (Phi) is 6.16. The molecule has 6 nitrogen and oxygen atoms in total. The van der Waals surface area contributed by atoms with Crippen molar-refractivity contribution in [3.05, 3.63) is 70.2 Å². The zero-order valence-corrected chi connectivity index (χ0v) is 16.3. The average molecular weight is 449 g/mol. The Labute approximate surface area is 168 Å². The number of hydrazine groups is 1. The van der Waals surface area contributed by atoms with E-state index in [0.29, 0.717) is 16.5 Å². The van der Waals surface area contributed by atoms with Crippen molar-refractivity contribution < 1.29 is 14.3 Å². The molecule has 138 valence electrons. The minimum Gasteiger partial charge on any atom is -0.483 e. The summed E-state index contributed by atoms with van der Waals surface area (Å²) < 4.78 is 6.29. The fraction of sp³-hybridized carbons (Fsp3) is 0.0526. The molecular formula is C19H15BrClN3O3. The van der Waals surface area contributed by atoms with E-state index in [-0.39, 0.29) is 6.61 Å². The van der Waals surface area contributed by atoms with Gasteiger partial charge in [-0.2, -0.15) is 0 Å². The second-order valence-corrected chi connectivity index (χ2v) is 6.75. The van der Waals surface area contributed by atoms with Crippen molar-refractivity contribution in [2.75, 3.05) is 11.9 Å². The van der Waals surface area contributed by atoms with Crippen LogP contribution in [0.4, 0.5) is 10.5 Å². The highest BCUT2D eigenvalue weighted by molar-refractivity contribution is 9.10. The van der Waals surface area contributed by atoms with Crippen LogP contribution in [0.1, 0.15) is 0 Å². The molecule has 8 heteroatoms. The third-order valence-corrected chi connectivity index (χ3v) is 4.67. The van der Waals surface area contributed by atoms with Gasteiger partial charge in [-0.3, -0.25) is 10.2 Å². The number of urea groups is 1. The van der Waals surface area contributed by atoms with Crippen molar-refractivity contribution in [3.63, 3.8) is 0 Å². The molecule has 3 aromatic carbocycles. The molecule has 3 aromatic rings. The number of ether oxygens (including phenoxy) is 1. The Morgan fingerprint density at radius 1 is 0.963 bits per heavy atom. The summed E-state index contributed by atoms with van der Waals surface area (Å²) in [7, 11) is 0. The van der Waals surface area contributed by atoms with Crippen LogP contribution in [0, 0.1) is 0 Å². The van der Waals surface area contributed by atoms with Crippen LogP contribution in [0.3, 0.4) is 0 Å². The maximum atomic E-state index is 11.9. The number of nitrogens with one attached hydrogen (secondary N) is 3. The number of anilines is 1. The summed E-state index contributed by atoms with van der Waals surface area (Å²) in [6, 6.07) is 17.5. The van der Waals surface area contributed by atoms with Gasteiger partial charge in [-0.15, -0.1) is 0 Å². The van der Waals surface area contributed by atoms with Crippen molar-refractivity contribution in [1.82, 2.24) is 10.9 Å². The maximum absolute atomic E-state index is 11.9. The van der Waals surface area contributed by atoms with E-state index < -0.39 is 11.9 Å². The number of hydrogen-bond acceptors (Lipinski definition) is 3. The van der Waals surface area contributed by atoms with E-state index >= 15 is 0 Å². The Hall–Kier alpha value is -2.77. The van der Waals surface area contributed by atoms with Crippen molar-refractivity contribution in [2.24, 2.45) is 0 Å². The van der Waals surface area contributed by atoms with Gasteiger partial charge >= 0.3 is 6.03 Å². The van der Waals surface area contributed by atoms with E-state index in [1.807, 2.05) is 30.3 Å². The first kappa shape index (κ1) is 19.0. The van der Waals surface area contributed by atoms with Crippen LogP contribution in [-0.4, -0.2) is 18.5 Å². The fourth-order valence-electron chi connectivity index (χ4n) is 2.33. The molecule has 0 saturated carbocycles. The summed E-state index contributed by atoms with van der Waals surface area (Å²) in [6.07, 6.45) is 0. The minimum absolute atomic E-state index is 0.252. The highest BCUT2D eigenvalue weighted by Crippen LogP contribution is 2.32. The highest BCUT2D eigenvalue weighted by atomic mass is 79.9. The van der Waals surface area contributed by atoms with E-state index in [2.05, 4.69) is 32.1 Å². The predicted molar refractivity (Wildman–Crippen MR) is 109 cm³/mol. The van der Waals surface area contributed by atoms with Gasteiger partial charge in [-0.25, -0.2) is 10.2 Å². The number of fused-ring (bicyclic) bond motifs is 1. The Morgan fingerprint density at radius 2 is 1.70 bits per heavy atom. The molecule has 27 heavy (non-hydrogen) atoms. The topological polar surface area (TPSA) is 79.5 Å². The third kappa shape index (κ3) is 5.12. The normalized spacial score (nSPS) is 10.3. The van der Waals surface area contributed by atoms with Crippen LogP contribution in [0.25, 0.3) is 10.8 Å². The summed E-state index contributed by atoms with van der Waals surface area (Å²) in [5.74, 6) is 0.0378. The smallest absolute Gasteiger partial charge is 0.337 e. The van der Waals surface area contributed by atoms with E-state index in [1.165, 1.54) is 0 Å². The molecule has 0 aliphatic heterocycles. The summed E-state index contributed by atoms with van der Waals surface area (Å²) >= 11 is 9.27. The molecule has 0 saturated heterocycles. The van der Waals surface area contributed by atoms with Gasteiger partial charge in [0.2, 0.25) is 0 Å². The lowest BCUT2D eigenvalue weighted by Gasteiger charge is -2.12. The van der Waals surface area contributed by atoms with Crippen molar-refractivity contribution in [3.8, 4) is 5.75 Å². The molecule has 0 radical (unpaired) electrons. The number of carbonyl (C=O) groups is 2. The Balaban J connectivity index is 1.49. The van der Waals surface area contributed by atoms with Gasteiger partial charge in [0.1, 0.15) is 5.75 Å². The Morgan fingerprint density at radius 3 is 2.48 bits per heavy atom. The zero-order valence-electron chi connectivity index (χ0n) is 14.0. The third-order valence-electron chi connectivity index (χ3n) is 3.60. The van der Waals surface area contributed by atoms with Crippen LogP contribution in [0.5, 0.6) is 5.75 Å². The first-order valence-electron chi connectivity index (χ1n) is 7.94. The van der Waals surface area contributed by atoms with Gasteiger partial charge in [0.05, 0.1) is 4.47 Å². The number of amides is 3. The lowest BCUT2D eigenvalue weighted by molar-refractivity contribution is -0.123. The molecule has 0 unspecified atom stereocenters. The van der Waals surface area contributed by atoms with Gasteiger partial charge in [-0.05, 0) is 57.0 Å². The largest absolute Gasteiger partial charge is 0.483 e. The number of halogens is 2. The average Bonchev–Trinajstić information content (AvgIpc) is 2.68. The minimum atomic E-state index is -0.586. The predicted octanol–water partition coefficient (Wildman–Crippen LogP) is 4.49. The fourth-order valence-corrected chi connectivity index (χ4v) is 3.06.